The van der Waals surface area contributed by atoms with Gasteiger partial charge in [-0.05, 0) is 61.6 Å². The SMILES string of the molecule is CCOC(=O)Cc1ccc(N2CCC(Cn3ncc4ccc(N)cc43)CC2)cc1. The summed E-state index contributed by atoms with van der Waals surface area (Å²) in [5.74, 6) is 0.438. The summed E-state index contributed by atoms with van der Waals surface area (Å²) in [6.07, 6.45) is 4.52. The summed E-state index contributed by atoms with van der Waals surface area (Å²) in [6, 6.07) is 14.2. The van der Waals surface area contributed by atoms with Gasteiger partial charge >= 0.3 is 5.97 Å². The predicted molar refractivity (Wildman–Crippen MR) is 116 cm³/mol. The van der Waals surface area contributed by atoms with Gasteiger partial charge in [-0.2, -0.15) is 5.10 Å². The average molecular weight is 393 g/mol. The summed E-state index contributed by atoms with van der Waals surface area (Å²) in [6.45, 7) is 5.24. The molecule has 0 atom stereocenters. The zero-order chi connectivity index (χ0) is 20.2. The molecule has 152 valence electrons. The second-order valence-corrected chi connectivity index (χ2v) is 7.72. The maximum atomic E-state index is 11.6. The third-order valence-corrected chi connectivity index (χ3v) is 5.67. The van der Waals surface area contributed by atoms with Crippen LogP contribution in [0.2, 0.25) is 0 Å². The van der Waals surface area contributed by atoms with E-state index in [4.69, 9.17) is 10.5 Å². The molecule has 1 fully saturated rings. The van der Waals surface area contributed by atoms with E-state index in [2.05, 4.69) is 26.8 Å². The lowest BCUT2D eigenvalue weighted by Crippen LogP contribution is -2.35. The van der Waals surface area contributed by atoms with E-state index in [0.717, 1.165) is 54.6 Å². The first-order valence-corrected chi connectivity index (χ1v) is 10.3. The summed E-state index contributed by atoms with van der Waals surface area (Å²) in [7, 11) is 0. The second-order valence-electron chi connectivity index (χ2n) is 7.72. The zero-order valence-corrected chi connectivity index (χ0v) is 16.9. The second kappa shape index (κ2) is 8.55. The topological polar surface area (TPSA) is 73.4 Å². The highest BCUT2D eigenvalue weighted by atomic mass is 16.5. The fourth-order valence-electron chi connectivity index (χ4n) is 4.05. The molecule has 4 rings (SSSR count). The van der Waals surface area contributed by atoms with Crippen molar-refractivity contribution in [1.29, 1.82) is 0 Å². The van der Waals surface area contributed by atoms with Crippen LogP contribution in [0.15, 0.2) is 48.7 Å². The molecule has 0 spiro atoms. The molecule has 0 unspecified atom stereocenters. The molecule has 1 saturated heterocycles. The molecule has 0 bridgehead atoms. The number of nitrogens with two attached hydrogens (primary N) is 1. The Balaban J connectivity index is 1.33. The number of fused-ring (bicyclic) bond motifs is 1. The molecule has 2 N–H and O–H groups in total. The van der Waals surface area contributed by atoms with Crippen molar-refractivity contribution in [2.24, 2.45) is 5.92 Å². The Hall–Kier alpha value is -3.02. The maximum Gasteiger partial charge on any atom is 0.310 e. The number of hydrogen-bond acceptors (Lipinski definition) is 5. The Kier molecular flexibility index (Phi) is 5.69. The standard InChI is InChI=1S/C23H28N4O2/c1-2-29-23(28)13-17-3-7-21(8-4-17)26-11-9-18(10-12-26)16-27-22-14-20(24)6-5-19(22)15-25-27/h3-8,14-15,18H,2,9-13,16,24H2,1H3. The van der Waals surface area contributed by atoms with Crippen LogP contribution < -0.4 is 10.6 Å². The van der Waals surface area contributed by atoms with Crippen LogP contribution in [0.1, 0.15) is 25.3 Å². The minimum atomic E-state index is -0.172. The lowest BCUT2D eigenvalue weighted by Gasteiger charge is -2.33. The molecule has 1 aliphatic rings. The number of ether oxygens (including phenoxy) is 1. The molecule has 2 aromatic carbocycles. The van der Waals surface area contributed by atoms with Gasteiger partial charge in [-0.15, -0.1) is 0 Å². The number of benzene rings is 2. The van der Waals surface area contributed by atoms with Crippen molar-refractivity contribution in [3.8, 4) is 0 Å². The van der Waals surface area contributed by atoms with Crippen molar-refractivity contribution in [2.75, 3.05) is 30.3 Å². The van der Waals surface area contributed by atoms with Gasteiger partial charge in [0.15, 0.2) is 0 Å². The largest absolute Gasteiger partial charge is 0.466 e. The van der Waals surface area contributed by atoms with Crippen LogP contribution in [0.3, 0.4) is 0 Å². The molecule has 0 amide bonds. The van der Waals surface area contributed by atoms with E-state index in [9.17, 15) is 4.79 Å². The van der Waals surface area contributed by atoms with Crippen molar-refractivity contribution < 1.29 is 9.53 Å². The Labute approximate surface area is 171 Å². The molecule has 0 aliphatic carbocycles. The van der Waals surface area contributed by atoms with Crippen LogP contribution in [0.25, 0.3) is 10.9 Å². The Morgan fingerprint density at radius 3 is 2.66 bits per heavy atom. The van der Waals surface area contributed by atoms with E-state index in [1.807, 2.05) is 43.5 Å². The molecule has 1 aromatic heterocycles. The summed E-state index contributed by atoms with van der Waals surface area (Å²) >= 11 is 0. The van der Waals surface area contributed by atoms with Crippen molar-refractivity contribution >= 4 is 28.2 Å². The number of carbonyl (C=O) groups is 1. The number of rotatable bonds is 6. The highest BCUT2D eigenvalue weighted by Crippen LogP contribution is 2.26. The van der Waals surface area contributed by atoms with Crippen LogP contribution in [0.4, 0.5) is 11.4 Å². The van der Waals surface area contributed by atoms with Gasteiger partial charge in [0.05, 0.1) is 24.7 Å². The summed E-state index contributed by atoms with van der Waals surface area (Å²) in [4.78, 5) is 14.0. The van der Waals surface area contributed by atoms with E-state index in [1.165, 1.54) is 5.69 Å². The summed E-state index contributed by atoms with van der Waals surface area (Å²) in [5, 5.41) is 5.70. The van der Waals surface area contributed by atoms with Crippen molar-refractivity contribution in [3.63, 3.8) is 0 Å². The van der Waals surface area contributed by atoms with E-state index in [0.29, 0.717) is 18.9 Å². The third kappa shape index (κ3) is 4.53. The Bertz CT molecular complexity index is 972. The molecule has 0 saturated carbocycles. The van der Waals surface area contributed by atoms with Crippen LogP contribution in [0.5, 0.6) is 0 Å². The van der Waals surface area contributed by atoms with Crippen LogP contribution in [-0.2, 0) is 22.5 Å². The normalized spacial score (nSPS) is 15.0. The first kappa shape index (κ1) is 19.3. The smallest absolute Gasteiger partial charge is 0.310 e. The molecule has 3 aromatic rings. The van der Waals surface area contributed by atoms with E-state index in [-0.39, 0.29) is 5.97 Å². The average Bonchev–Trinajstić information content (AvgIpc) is 3.11. The van der Waals surface area contributed by atoms with Gasteiger partial charge in [0.2, 0.25) is 0 Å². The number of carbonyl (C=O) groups excluding carboxylic acids is 1. The molecular formula is C23H28N4O2. The highest BCUT2D eigenvalue weighted by Gasteiger charge is 2.21. The number of nitrogen functional groups attached to an aromatic ring is 1. The van der Waals surface area contributed by atoms with Gasteiger partial charge in [0.25, 0.3) is 0 Å². The van der Waals surface area contributed by atoms with E-state index >= 15 is 0 Å². The van der Waals surface area contributed by atoms with Crippen molar-refractivity contribution in [1.82, 2.24) is 9.78 Å². The number of hydrogen-bond donors (Lipinski definition) is 1. The van der Waals surface area contributed by atoms with Crippen LogP contribution in [-0.4, -0.2) is 35.4 Å². The van der Waals surface area contributed by atoms with Gasteiger partial charge in [-0.1, -0.05) is 12.1 Å². The maximum absolute atomic E-state index is 11.6. The first-order valence-electron chi connectivity index (χ1n) is 10.3. The number of anilines is 2. The number of aromatic nitrogens is 2. The minimum absolute atomic E-state index is 0.172. The fourth-order valence-corrected chi connectivity index (χ4v) is 4.05. The van der Waals surface area contributed by atoms with E-state index in [1.54, 1.807) is 0 Å². The van der Waals surface area contributed by atoms with Crippen LogP contribution >= 0.6 is 0 Å². The first-order chi connectivity index (χ1) is 14.1. The predicted octanol–water partition coefficient (Wildman–Crippen LogP) is 3.64. The number of nitrogens with zero attached hydrogens (tertiary/aromatic N) is 3. The Morgan fingerprint density at radius 1 is 1.17 bits per heavy atom. The summed E-state index contributed by atoms with van der Waals surface area (Å²) in [5.41, 5.74) is 10.0. The third-order valence-electron chi connectivity index (χ3n) is 5.67. The number of piperidine rings is 1. The van der Waals surface area contributed by atoms with Gasteiger partial charge in [0, 0.05) is 36.4 Å². The quantitative estimate of drug-likeness (QED) is 0.512. The molecule has 0 radical (unpaired) electrons. The molecule has 1 aliphatic heterocycles. The molecule has 6 heteroatoms. The monoisotopic (exact) mass is 392 g/mol. The molecular weight excluding hydrogens is 364 g/mol. The summed E-state index contributed by atoms with van der Waals surface area (Å²) < 4.78 is 7.11. The van der Waals surface area contributed by atoms with Gasteiger partial charge in [-0.3, -0.25) is 9.48 Å². The van der Waals surface area contributed by atoms with Gasteiger partial charge in [-0.25, -0.2) is 0 Å². The van der Waals surface area contributed by atoms with Crippen molar-refractivity contribution in [2.45, 2.75) is 32.7 Å². The van der Waals surface area contributed by atoms with Crippen LogP contribution in [0, 0.1) is 5.92 Å². The molecule has 29 heavy (non-hydrogen) atoms. The van der Waals surface area contributed by atoms with E-state index < -0.39 is 0 Å². The number of esters is 1. The van der Waals surface area contributed by atoms with Gasteiger partial charge < -0.3 is 15.4 Å². The molecule has 2 heterocycles. The van der Waals surface area contributed by atoms with Crippen molar-refractivity contribution in [3.05, 3.63) is 54.2 Å². The minimum Gasteiger partial charge on any atom is -0.466 e. The lowest BCUT2D eigenvalue weighted by atomic mass is 9.96. The van der Waals surface area contributed by atoms with Gasteiger partial charge in [0.1, 0.15) is 0 Å². The molecule has 6 nitrogen and oxygen atoms in total. The highest BCUT2D eigenvalue weighted by molar-refractivity contribution is 5.81. The lowest BCUT2D eigenvalue weighted by molar-refractivity contribution is -0.142. The fraction of sp³-hybridized carbons (Fsp3) is 0.391. The Morgan fingerprint density at radius 2 is 1.93 bits per heavy atom. The zero-order valence-electron chi connectivity index (χ0n) is 16.9.